The van der Waals surface area contributed by atoms with Crippen molar-refractivity contribution >= 4 is 17.7 Å². The number of halogens is 1. The number of benzene rings is 1. The average molecular weight is 196 g/mol. The second-order valence-electron chi connectivity index (χ2n) is 2.79. The van der Waals surface area contributed by atoms with E-state index in [1.807, 2.05) is 24.3 Å². The van der Waals surface area contributed by atoms with Crippen LogP contribution in [0.5, 0.6) is 0 Å². The van der Waals surface area contributed by atoms with Crippen LogP contribution in [-0.2, 0) is 6.42 Å². The minimum absolute atomic E-state index is 0.553. The summed E-state index contributed by atoms with van der Waals surface area (Å²) in [5, 5.41) is 0. The first kappa shape index (κ1) is 10.3. The van der Waals surface area contributed by atoms with E-state index in [-0.39, 0.29) is 0 Å². The zero-order valence-electron chi connectivity index (χ0n) is 7.54. The molecule has 0 aromatic heterocycles. The fraction of sp³-hybridized carbons (Fsp3) is 0.273. The highest BCUT2D eigenvalue weighted by atomic mass is 35.5. The lowest BCUT2D eigenvalue weighted by Crippen LogP contribution is -2.03. The predicted octanol–water partition coefficient (Wildman–Crippen LogP) is 2.44. The lowest BCUT2D eigenvalue weighted by molar-refractivity contribution is 0.966. The summed E-state index contributed by atoms with van der Waals surface area (Å²) in [6.45, 7) is 0.686. The van der Waals surface area contributed by atoms with Crippen molar-refractivity contribution in [1.82, 2.24) is 0 Å². The Kier molecular flexibility index (Phi) is 4.58. The van der Waals surface area contributed by atoms with Crippen molar-refractivity contribution in [2.24, 2.45) is 5.73 Å². The summed E-state index contributed by atoms with van der Waals surface area (Å²) in [5.74, 6) is 0.553. The van der Waals surface area contributed by atoms with Crippen LogP contribution in [0.4, 0.5) is 0 Å². The maximum atomic E-state index is 5.57. The Morgan fingerprint density at radius 2 is 2.08 bits per heavy atom. The molecule has 0 unspecified atom stereocenters. The summed E-state index contributed by atoms with van der Waals surface area (Å²) < 4.78 is 0. The Morgan fingerprint density at radius 1 is 1.31 bits per heavy atom. The molecular weight excluding hydrogens is 182 g/mol. The Morgan fingerprint density at radius 3 is 2.77 bits per heavy atom. The summed E-state index contributed by atoms with van der Waals surface area (Å²) in [5.41, 5.74) is 8.01. The summed E-state index contributed by atoms with van der Waals surface area (Å²) in [6, 6.07) is 8.23. The number of hydrogen-bond donors (Lipinski definition) is 1. The van der Waals surface area contributed by atoms with Crippen LogP contribution in [0.3, 0.4) is 0 Å². The fourth-order valence-corrected chi connectivity index (χ4v) is 1.34. The van der Waals surface area contributed by atoms with E-state index in [1.54, 1.807) is 0 Å². The van der Waals surface area contributed by atoms with Crippen LogP contribution in [0.2, 0.25) is 0 Å². The first-order valence-electron chi connectivity index (χ1n) is 4.39. The largest absolute Gasteiger partial charge is 0.330 e. The molecule has 0 bridgehead atoms. The molecule has 0 aliphatic rings. The van der Waals surface area contributed by atoms with E-state index in [0.717, 1.165) is 6.42 Å². The van der Waals surface area contributed by atoms with Crippen LogP contribution in [0.15, 0.2) is 30.3 Å². The zero-order valence-corrected chi connectivity index (χ0v) is 8.30. The molecule has 0 aliphatic heterocycles. The van der Waals surface area contributed by atoms with Gasteiger partial charge in [-0.05, 0) is 24.1 Å². The molecule has 1 aromatic rings. The Balaban J connectivity index is 2.84. The Labute approximate surface area is 84.2 Å². The predicted molar refractivity (Wildman–Crippen MR) is 59.0 cm³/mol. The van der Waals surface area contributed by atoms with Gasteiger partial charge in [0.15, 0.2) is 0 Å². The Hall–Kier alpha value is -0.790. The van der Waals surface area contributed by atoms with Gasteiger partial charge in [-0.15, -0.1) is 11.6 Å². The van der Waals surface area contributed by atoms with Crippen molar-refractivity contribution in [1.29, 1.82) is 0 Å². The number of hydrogen-bond acceptors (Lipinski definition) is 1. The topological polar surface area (TPSA) is 26.0 Å². The van der Waals surface area contributed by atoms with Crippen LogP contribution < -0.4 is 5.73 Å². The van der Waals surface area contributed by atoms with Gasteiger partial charge < -0.3 is 5.73 Å². The van der Waals surface area contributed by atoms with E-state index in [1.165, 1.54) is 11.1 Å². The third kappa shape index (κ3) is 3.21. The van der Waals surface area contributed by atoms with Crippen molar-refractivity contribution in [2.75, 3.05) is 12.4 Å². The molecule has 0 spiro atoms. The van der Waals surface area contributed by atoms with E-state index in [4.69, 9.17) is 17.3 Å². The van der Waals surface area contributed by atoms with Gasteiger partial charge in [0.25, 0.3) is 0 Å². The first-order chi connectivity index (χ1) is 6.38. The van der Waals surface area contributed by atoms with Crippen molar-refractivity contribution < 1.29 is 0 Å². The van der Waals surface area contributed by atoms with Crippen LogP contribution >= 0.6 is 11.6 Å². The lowest BCUT2D eigenvalue weighted by atomic mass is 10.0. The third-order valence-electron chi connectivity index (χ3n) is 1.86. The molecule has 0 saturated carbocycles. The van der Waals surface area contributed by atoms with E-state index in [0.29, 0.717) is 12.4 Å². The van der Waals surface area contributed by atoms with Crippen LogP contribution in [0, 0.1) is 0 Å². The first-order valence-corrected chi connectivity index (χ1v) is 4.92. The molecule has 0 fully saturated rings. The second kappa shape index (κ2) is 5.79. The van der Waals surface area contributed by atoms with E-state index < -0.39 is 0 Å². The van der Waals surface area contributed by atoms with Gasteiger partial charge in [-0.2, -0.15) is 0 Å². The van der Waals surface area contributed by atoms with Crippen LogP contribution in [0.25, 0.3) is 6.08 Å². The normalized spacial score (nSPS) is 10.9. The molecule has 0 saturated heterocycles. The molecule has 0 heterocycles. The van der Waals surface area contributed by atoms with Gasteiger partial charge in [0.2, 0.25) is 0 Å². The van der Waals surface area contributed by atoms with E-state index in [2.05, 4.69) is 12.1 Å². The molecule has 0 amide bonds. The van der Waals surface area contributed by atoms with Crippen molar-refractivity contribution in [2.45, 2.75) is 6.42 Å². The summed E-state index contributed by atoms with van der Waals surface area (Å²) in [6.07, 6.45) is 4.90. The van der Waals surface area contributed by atoms with Gasteiger partial charge >= 0.3 is 0 Å². The SMILES string of the molecule is NCCc1ccccc1C=CCCl. The quantitative estimate of drug-likeness (QED) is 0.734. The van der Waals surface area contributed by atoms with Gasteiger partial charge in [-0.25, -0.2) is 0 Å². The van der Waals surface area contributed by atoms with Gasteiger partial charge in [0.1, 0.15) is 0 Å². The third-order valence-corrected chi connectivity index (χ3v) is 2.03. The molecule has 1 nitrogen and oxygen atoms in total. The van der Waals surface area contributed by atoms with Crippen molar-refractivity contribution in [3.8, 4) is 0 Å². The minimum Gasteiger partial charge on any atom is -0.330 e. The van der Waals surface area contributed by atoms with E-state index in [9.17, 15) is 0 Å². The summed E-state index contributed by atoms with van der Waals surface area (Å²) >= 11 is 5.57. The maximum Gasteiger partial charge on any atom is 0.0407 e. The van der Waals surface area contributed by atoms with Gasteiger partial charge in [0.05, 0.1) is 0 Å². The number of alkyl halides is 1. The van der Waals surface area contributed by atoms with Crippen molar-refractivity contribution in [3.05, 3.63) is 41.5 Å². The molecule has 70 valence electrons. The molecule has 2 heteroatoms. The summed E-state index contributed by atoms with van der Waals surface area (Å²) in [4.78, 5) is 0. The van der Waals surface area contributed by atoms with Crippen molar-refractivity contribution in [3.63, 3.8) is 0 Å². The molecule has 13 heavy (non-hydrogen) atoms. The van der Waals surface area contributed by atoms with Gasteiger partial charge in [-0.3, -0.25) is 0 Å². The highest BCUT2D eigenvalue weighted by molar-refractivity contribution is 6.19. The summed E-state index contributed by atoms with van der Waals surface area (Å²) in [7, 11) is 0. The standard InChI is InChI=1S/C11H14ClN/c12-8-3-6-10-4-1-2-5-11(10)7-9-13/h1-6H,7-9,13H2. The smallest absolute Gasteiger partial charge is 0.0407 e. The lowest BCUT2D eigenvalue weighted by Gasteiger charge is -2.03. The highest BCUT2D eigenvalue weighted by Gasteiger charge is 1.95. The highest BCUT2D eigenvalue weighted by Crippen LogP contribution is 2.10. The second-order valence-corrected chi connectivity index (χ2v) is 3.10. The van der Waals surface area contributed by atoms with Crippen LogP contribution in [-0.4, -0.2) is 12.4 Å². The molecular formula is C11H14ClN. The van der Waals surface area contributed by atoms with Crippen LogP contribution in [0.1, 0.15) is 11.1 Å². The van der Waals surface area contributed by atoms with Gasteiger partial charge in [-0.1, -0.05) is 36.4 Å². The molecule has 1 aromatic carbocycles. The molecule has 1 rings (SSSR count). The maximum absolute atomic E-state index is 5.57. The average Bonchev–Trinajstić information content (AvgIpc) is 2.17. The zero-order chi connectivity index (χ0) is 9.52. The fourth-order valence-electron chi connectivity index (χ4n) is 1.25. The van der Waals surface area contributed by atoms with E-state index >= 15 is 0 Å². The molecule has 0 atom stereocenters. The number of rotatable bonds is 4. The molecule has 0 aliphatic carbocycles. The molecule has 2 N–H and O–H groups in total. The monoisotopic (exact) mass is 195 g/mol. The number of nitrogens with two attached hydrogens (primary N) is 1. The minimum atomic E-state index is 0.553. The number of allylic oxidation sites excluding steroid dienone is 1. The van der Waals surface area contributed by atoms with Gasteiger partial charge in [0, 0.05) is 5.88 Å². The Bertz CT molecular complexity index is 281. The molecule has 0 radical (unpaired) electrons.